The number of hydrogen-bond acceptors (Lipinski definition) is 4. The van der Waals surface area contributed by atoms with Crippen molar-refractivity contribution in [3.63, 3.8) is 0 Å². The molecule has 0 saturated carbocycles. The number of rotatable bonds is 7. The van der Waals surface area contributed by atoms with Crippen LogP contribution in [-0.4, -0.2) is 35.8 Å². The molecule has 0 bridgehead atoms. The molecule has 0 aromatic heterocycles. The fourth-order valence-electron chi connectivity index (χ4n) is 3.79. The zero-order chi connectivity index (χ0) is 22.7. The van der Waals surface area contributed by atoms with Gasteiger partial charge in [-0.1, -0.05) is 54.6 Å². The molecule has 0 spiro atoms. The summed E-state index contributed by atoms with van der Waals surface area (Å²) in [6.07, 6.45) is 0. The van der Waals surface area contributed by atoms with E-state index in [9.17, 15) is 14.0 Å². The monoisotopic (exact) mass is 430 g/mol. The summed E-state index contributed by atoms with van der Waals surface area (Å²) < 4.78 is 18.5. The van der Waals surface area contributed by atoms with Gasteiger partial charge in [-0.05, 0) is 41.0 Å². The van der Waals surface area contributed by atoms with Crippen molar-refractivity contribution in [2.75, 3.05) is 14.2 Å². The molecule has 1 aliphatic rings. The van der Waals surface area contributed by atoms with Crippen molar-refractivity contribution in [2.45, 2.75) is 13.1 Å². The summed E-state index contributed by atoms with van der Waals surface area (Å²) in [6, 6.07) is 22.6. The second-order valence-corrected chi connectivity index (χ2v) is 7.62. The molecule has 3 aromatic rings. The largest absolute Gasteiger partial charge is 0.497 e. The van der Waals surface area contributed by atoms with Crippen molar-refractivity contribution in [3.8, 4) is 5.75 Å². The molecule has 0 atom stereocenters. The van der Waals surface area contributed by atoms with Gasteiger partial charge in [-0.25, -0.2) is 4.39 Å². The summed E-state index contributed by atoms with van der Waals surface area (Å²) in [5, 5.41) is 0. The van der Waals surface area contributed by atoms with Crippen LogP contribution in [0.2, 0.25) is 0 Å². The molecule has 1 heterocycles. The Bertz CT molecular complexity index is 1160. The quantitative estimate of drug-likeness (QED) is 0.526. The maximum atomic E-state index is 13.4. The molecule has 0 saturated heterocycles. The predicted molar refractivity (Wildman–Crippen MR) is 120 cm³/mol. The van der Waals surface area contributed by atoms with E-state index in [-0.39, 0.29) is 24.2 Å². The third-order valence-corrected chi connectivity index (χ3v) is 5.42. The highest BCUT2D eigenvalue weighted by Crippen LogP contribution is 2.33. The molecule has 2 amide bonds. The summed E-state index contributed by atoms with van der Waals surface area (Å²) in [5.41, 5.74) is 3.02. The van der Waals surface area contributed by atoms with E-state index in [1.54, 1.807) is 55.5 Å². The van der Waals surface area contributed by atoms with E-state index < -0.39 is 0 Å². The number of imide groups is 1. The van der Waals surface area contributed by atoms with Gasteiger partial charge in [0.2, 0.25) is 0 Å². The van der Waals surface area contributed by atoms with Crippen LogP contribution in [0.15, 0.2) is 84.6 Å². The Morgan fingerprint density at radius 3 is 2.12 bits per heavy atom. The minimum atomic E-state index is -0.376. The third kappa shape index (κ3) is 4.25. The van der Waals surface area contributed by atoms with Crippen LogP contribution >= 0.6 is 0 Å². The maximum absolute atomic E-state index is 13.4. The van der Waals surface area contributed by atoms with Crippen LogP contribution in [0.3, 0.4) is 0 Å². The van der Waals surface area contributed by atoms with Gasteiger partial charge < -0.3 is 9.64 Å². The molecule has 0 unspecified atom stereocenters. The summed E-state index contributed by atoms with van der Waals surface area (Å²) in [6.45, 7) is 0.541. The van der Waals surface area contributed by atoms with Gasteiger partial charge in [0.05, 0.1) is 19.2 Å². The topological polar surface area (TPSA) is 49.9 Å². The van der Waals surface area contributed by atoms with Crippen LogP contribution in [0.25, 0.3) is 5.57 Å². The summed E-state index contributed by atoms with van der Waals surface area (Å²) >= 11 is 0. The number of benzene rings is 3. The van der Waals surface area contributed by atoms with Gasteiger partial charge in [-0.2, -0.15) is 0 Å². The molecule has 4 rings (SSSR count). The van der Waals surface area contributed by atoms with E-state index >= 15 is 0 Å². The number of methoxy groups -OCH3 is 1. The highest BCUT2D eigenvalue weighted by atomic mass is 19.1. The van der Waals surface area contributed by atoms with Gasteiger partial charge in [-0.15, -0.1) is 0 Å². The van der Waals surface area contributed by atoms with Crippen LogP contribution in [0.1, 0.15) is 16.7 Å². The molecule has 0 aliphatic carbocycles. The number of likely N-dealkylation sites (N-methyl/N-ethyl adjacent to an activating group) is 1. The van der Waals surface area contributed by atoms with Crippen LogP contribution in [-0.2, 0) is 22.7 Å². The number of nitrogens with zero attached hydrogens (tertiary/aromatic N) is 2. The molecule has 6 heteroatoms. The van der Waals surface area contributed by atoms with Crippen molar-refractivity contribution in [1.29, 1.82) is 0 Å². The maximum Gasteiger partial charge on any atom is 0.278 e. The Kier molecular flexibility index (Phi) is 6.03. The van der Waals surface area contributed by atoms with E-state index in [2.05, 4.69) is 0 Å². The minimum absolute atomic E-state index is 0.0697. The molecule has 0 fully saturated rings. The van der Waals surface area contributed by atoms with Crippen molar-refractivity contribution in [3.05, 3.63) is 107 Å². The van der Waals surface area contributed by atoms with E-state index in [0.717, 1.165) is 5.56 Å². The molecule has 0 N–H and O–H groups in total. The molecular weight excluding hydrogens is 407 g/mol. The highest BCUT2D eigenvalue weighted by Gasteiger charge is 2.40. The average Bonchev–Trinajstić information content (AvgIpc) is 3.06. The standard InChI is InChI=1S/C26H23FN2O3/c1-28(16-18-6-4-3-5-7-18)24-23(20-10-14-22(32-2)15-11-20)25(30)29(26(24)31)17-19-8-12-21(27)13-9-19/h3-15H,16-17H2,1-2H3. The first-order chi connectivity index (χ1) is 15.5. The first-order valence-corrected chi connectivity index (χ1v) is 10.2. The number of amides is 2. The number of carbonyl (C=O) groups is 2. The van der Waals surface area contributed by atoms with Gasteiger partial charge in [-0.3, -0.25) is 14.5 Å². The van der Waals surface area contributed by atoms with Crippen molar-refractivity contribution >= 4 is 17.4 Å². The van der Waals surface area contributed by atoms with E-state index in [0.29, 0.717) is 34.7 Å². The van der Waals surface area contributed by atoms with Gasteiger partial charge in [0, 0.05) is 13.6 Å². The Balaban J connectivity index is 1.71. The molecule has 3 aromatic carbocycles. The van der Waals surface area contributed by atoms with Crippen molar-refractivity contribution in [1.82, 2.24) is 9.80 Å². The first-order valence-electron chi connectivity index (χ1n) is 10.2. The van der Waals surface area contributed by atoms with E-state index in [4.69, 9.17) is 4.74 Å². The van der Waals surface area contributed by atoms with Crippen LogP contribution in [0.4, 0.5) is 4.39 Å². The Morgan fingerprint density at radius 1 is 0.844 bits per heavy atom. The van der Waals surface area contributed by atoms with Crippen LogP contribution in [0.5, 0.6) is 5.75 Å². The zero-order valence-corrected chi connectivity index (χ0v) is 17.9. The number of ether oxygens (including phenoxy) is 1. The normalized spacial score (nSPS) is 13.7. The summed E-state index contributed by atoms with van der Waals surface area (Å²) in [4.78, 5) is 29.9. The predicted octanol–water partition coefficient (Wildman–Crippen LogP) is 4.25. The lowest BCUT2D eigenvalue weighted by Gasteiger charge is -2.21. The summed E-state index contributed by atoms with van der Waals surface area (Å²) in [7, 11) is 3.38. The Labute approximate surface area is 186 Å². The van der Waals surface area contributed by atoms with Crippen molar-refractivity contribution in [2.24, 2.45) is 0 Å². The molecule has 1 aliphatic heterocycles. The molecule has 5 nitrogen and oxygen atoms in total. The lowest BCUT2D eigenvalue weighted by Crippen LogP contribution is -2.33. The third-order valence-electron chi connectivity index (χ3n) is 5.42. The van der Waals surface area contributed by atoms with Crippen LogP contribution < -0.4 is 4.74 Å². The number of halogens is 1. The Hall–Kier alpha value is -3.93. The van der Waals surface area contributed by atoms with E-state index in [1.807, 2.05) is 30.3 Å². The molecule has 0 radical (unpaired) electrons. The second kappa shape index (κ2) is 9.06. The van der Waals surface area contributed by atoms with Gasteiger partial charge in [0.1, 0.15) is 17.3 Å². The Morgan fingerprint density at radius 2 is 1.50 bits per heavy atom. The molecule has 32 heavy (non-hydrogen) atoms. The average molecular weight is 430 g/mol. The van der Waals surface area contributed by atoms with E-state index in [1.165, 1.54) is 17.0 Å². The first kappa shape index (κ1) is 21.3. The lowest BCUT2D eigenvalue weighted by molar-refractivity contribution is -0.138. The zero-order valence-electron chi connectivity index (χ0n) is 17.9. The molecular formula is C26H23FN2O3. The van der Waals surface area contributed by atoms with Gasteiger partial charge in [0.25, 0.3) is 11.8 Å². The highest BCUT2D eigenvalue weighted by molar-refractivity contribution is 6.35. The lowest BCUT2D eigenvalue weighted by atomic mass is 10.0. The smallest absolute Gasteiger partial charge is 0.278 e. The van der Waals surface area contributed by atoms with Gasteiger partial charge >= 0.3 is 0 Å². The SMILES string of the molecule is COc1ccc(C2=C(N(C)Cc3ccccc3)C(=O)N(Cc3ccc(F)cc3)C2=O)cc1. The fourth-order valence-corrected chi connectivity index (χ4v) is 3.79. The van der Waals surface area contributed by atoms with Gasteiger partial charge in [0.15, 0.2) is 0 Å². The summed E-state index contributed by atoms with van der Waals surface area (Å²) in [5.74, 6) is -0.454. The van der Waals surface area contributed by atoms with Crippen molar-refractivity contribution < 1.29 is 18.7 Å². The number of hydrogen-bond donors (Lipinski definition) is 0. The molecule has 162 valence electrons. The van der Waals surface area contributed by atoms with Crippen LogP contribution in [0, 0.1) is 5.82 Å². The minimum Gasteiger partial charge on any atom is -0.497 e. The number of carbonyl (C=O) groups excluding carboxylic acids is 2. The fraction of sp³-hybridized carbons (Fsp3) is 0.154. The second-order valence-electron chi connectivity index (χ2n) is 7.62.